The first-order valence-electron chi connectivity index (χ1n) is 9.99. The molecule has 2 N–H and O–H groups in total. The summed E-state index contributed by atoms with van der Waals surface area (Å²) in [4.78, 5) is 39.9. The van der Waals surface area contributed by atoms with Crippen LogP contribution in [0.15, 0.2) is 33.9 Å². The van der Waals surface area contributed by atoms with Gasteiger partial charge < -0.3 is 25.1 Å². The van der Waals surface area contributed by atoms with Crippen molar-refractivity contribution >= 4 is 34.4 Å². The Labute approximate surface area is 211 Å². The summed E-state index contributed by atoms with van der Waals surface area (Å²) < 4.78 is 3.77. The van der Waals surface area contributed by atoms with Crippen molar-refractivity contribution in [1.82, 2.24) is 13.7 Å². The fourth-order valence-electron chi connectivity index (χ4n) is 4.37. The normalized spacial score (nSPS) is 16.2. The Morgan fingerprint density at radius 1 is 1.19 bits per heavy atom. The van der Waals surface area contributed by atoms with Gasteiger partial charge in [0.25, 0.3) is 5.56 Å². The summed E-state index contributed by atoms with van der Waals surface area (Å²) >= 11 is 6.37. The number of carboxylic acids is 1. The van der Waals surface area contributed by atoms with Crippen LogP contribution in [-0.2, 0) is 20.6 Å². The third kappa shape index (κ3) is 4.04. The summed E-state index contributed by atoms with van der Waals surface area (Å²) in [5.74, 6) is -1.15. The number of nitrogens with zero attached hydrogens (tertiary/aromatic N) is 4. The van der Waals surface area contributed by atoms with Crippen LogP contribution in [-0.4, -0.2) is 38.8 Å². The number of carbonyl (C=O) groups is 1. The van der Waals surface area contributed by atoms with Gasteiger partial charge in [0.05, 0.1) is 23.6 Å². The quantitative estimate of drug-likeness (QED) is 0.409. The third-order valence-corrected chi connectivity index (χ3v) is 6.24. The molecule has 0 spiro atoms. The van der Waals surface area contributed by atoms with Crippen LogP contribution < -0.4 is 56.5 Å². The van der Waals surface area contributed by atoms with Crippen molar-refractivity contribution in [3.63, 3.8) is 0 Å². The van der Waals surface area contributed by atoms with E-state index < -0.39 is 17.2 Å². The number of aromatic carboxylic acids is 1. The number of hydrogen-bond donors (Lipinski definition) is 1. The van der Waals surface area contributed by atoms with Gasteiger partial charge in [0, 0.05) is 38.2 Å². The van der Waals surface area contributed by atoms with Gasteiger partial charge in [0.2, 0.25) is 0 Å². The van der Waals surface area contributed by atoms with Gasteiger partial charge in [0.1, 0.15) is 11.3 Å². The molecular weight excluding hydrogens is 445 g/mol. The summed E-state index contributed by atoms with van der Waals surface area (Å²) in [5, 5.41) is 12.8. The largest absolute Gasteiger partial charge is 1.00 e. The summed E-state index contributed by atoms with van der Waals surface area (Å²) in [7, 11) is 2.81. The molecule has 164 valence electrons. The van der Waals surface area contributed by atoms with E-state index in [0.717, 1.165) is 17.4 Å². The van der Waals surface area contributed by atoms with Crippen LogP contribution in [0.4, 0.5) is 5.82 Å². The molecule has 2 aromatic heterocycles. The van der Waals surface area contributed by atoms with Gasteiger partial charge in [-0.2, -0.15) is 0 Å². The summed E-state index contributed by atoms with van der Waals surface area (Å²) in [6.45, 7) is 1.15. The second-order valence-electron chi connectivity index (χ2n) is 7.91. The zero-order valence-corrected chi connectivity index (χ0v) is 21.1. The Bertz CT molecular complexity index is 1310. The van der Waals surface area contributed by atoms with E-state index in [0.29, 0.717) is 29.5 Å². The van der Waals surface area contributed by atoms with Crippen LogP contribution in [0, 0.1) is 0 Å². The molecule has 1 aliphatic heterocycles. The molecule has 0 saturated carbocycles. The number of benzene rings is 1. The molecule has 0 radical (unpaired) electrons. The van der Waals surface area contributed by atoms with E-state index in [2.05, 4.69) is 0 Å². The number of aryl methyl sites for hydroxylation is 1. The van der Waals surface area contributed by atoms with Crippen LogP contribution in [0.2, 0.25) is 5.02 Å². The van der Waals surface area contributed by atoms with E-state index in [1.54, 1.807) is 16.7 Å². The van der Waals surface area contributed by atoms with Gasteiger partial charge in [-0.05, 0) is 24.5 Å². The molecule has 0 bridgehead atoms. The van der Waals surface area contributed by atoms with E-state index >= 15 is 0 Å². The van der Waals surface area contributed by atoms with Gasteiger partial charge in [-0.3, -0.25) is 13.9 Å². The number of piperidine rings is 1. The number of nitrogens with two attached hydrogens (primary N) is 1. The first kappa shape index (κ1) is 24.6. The smallest absolute Gasteiger partial charge is 0.545 e. The number of carboxylic acid groups (broad SMARTS) is 1. The number of anilines is 1. The number of halogens is 1. The van der Waals surface area contributed by atoms with Gasteiger partial charge in [-0.1, -0.05) is 29.8 Å². The van der Waals surface area contributed by atoms with E-state index in [1.807, 2.05) is 17.0 Å². The minimum atomic E-state index is -1.46. The first-order chi connectivity index (χ1) is 14.7. The molecule has 4 rings (SSSR count). The molecule has 32 heavy (non-hydrogen) atoms. The number of aromatic nitrogens is 3. The molecule has 1 fully saturated rings. The van der Waals surface area contributed by atoms with Crippen molar-refractivity contribution < 1.29 is 39.5 Å². The van der Waals surface area contributed by atoms with Crippen molar-refractivity contribution in [2.75, 3.05) is 18.0 Å². The van der Waals surface area contributed by atoms with Gasteiger partial charge in [-0.25, -0.2) is 4.79 Å². The Balaban J connectivity index is 0.00000289. The number of rotatable bonds is 4. The summed E-state index contributed by atoms with van der Waals surface area (Å²) in [5.41, 5.74) is 5.64. The van der Waals surface area contributed by atoms with Crippen LogP contribution >= 0.6 is 11.6 Å². The van der Waals surface area contributed by atoms with Crippen LogP contribution in [0.3, 0.4) is 0 Å². The third-order valence-electron chi connectivity index (χ3n) is 5.87. The molecule has 1 aliphatic rings. The maximum atomic E-state index is 13.2. The topological polar surface area (TPSA) is 118 Å². The maximum Gasteiger partial charge on any atom is 1.00 e. The average Bonchev–Trinajstić information content (AvgIpc) is 3.07. The van der Waals surface area contributed by atoms with Gasteiger partial charge in [-0.15, -0.1) is 0 Å². The number of fused-ring (bicyclic) bond motifs is 1. The zero-order chi connectivity index (χ0) is 22.4. The summed E-state index contributed by atoms with van der Waals surface area (Å²) in [6.07, 6.45) is 1.60. The van der Waals surface area contributed by atoms with Crippen LogP contribution in [0.1, 0.15) is 28.8 Å². The standard InChI is InChI=1S/C21H24ClN5O4.Na/c1-24-16-15(20(29)30)18(26-9-5-7-13(23)11-26)27(10-12-6-3-4-8-14(12)22)17(16)19(28)25(2)21(24)31;/h3-4,6,8,13H,5,7,9-11,23H2,1-2H3,(H,29,30);/q;+1/p-1/t13-;/m1./s1. The Morgan fingerprint density at radius 3 is 2.50 bits per heavy atom. The van der Waals surface area contributed by atoms with Crippen molar-refractivity contribution in [1.29, 1.82) is 0 Å². The van der Waals surface area contributed by atoms with Crippen molar-refractivity contribution in [2.24, 2.45) is 19.8 Å². The molecule has 1 atom stereocenters. The molecule has 1 saturated heterocycles. The van der Waals surface area contributed by atoms with Gasteiger partial charge in [0.15, 0.2) is 0 Å². The van der Waals surface area contributed by atoms with E-state index in [9.17, 15) is 19.5 Å². The molecular formula is C21H23ClN5NaO4. The molecule has 0 unspecified atom stereocenters. The van der Waals surface area contributed by atoms with Crippen molar-refractivity contribution in [2.45, 2.75) is 25.4 Å². The van der Waals surface area contributed by atoms with E-state index in [1.165, 1.54) is 18.7 Å². The van der Waals surface area contributed by atoms with E-state index in [-0.39, 0.29) is 58.7 Å². The summed E-state index contributed by atoms with van der Waals surface area (Å²) in [6, 6.07) is 7.01. The first-order valence-corrected chi connectivity index (χ1v) is 10.4. The molecule has 0 aliphatic carbocycles. The molecule has 3 aromatic rings. The predicted octanol–water partition coefficient (Wildman–Crippen LogP) is -2.96. The second kappa shape index (κ2) is 9.44. The number of carbonyl (C=O) groups excluding carboxylic acids is 1. The SMILES string of the molecule is Cn1c(=O)c2c(c(C(=O)[O-])c(N3CCC[C@@H](N)C3)n2Cc2ccccc2Cl)n(C)c1=O.[Na+]. The predicted molar refractivity (Wildman–Crippen MR) is 117 cm³/mol. The molecule has 11 heteroatoms. The molecule has 0 amide bonds. The zero-order valence-electron chi connectivity index (χ0n) is 18.3. The average molecular weight is 468 g/mol. The van der Waals surface area contributed by atoms with Gasteiger partial charge >= 0.3 is 35.2 Å². The Hall–Kier alpha value is -2.04. The van der Waals surface area contributed by atoms with Crippen molar-refractivity contribution in [3.8, 4) is 0 Å². The fraction of sp³-hybridized carbons (Fsp3) is 0.381. The molecule has 9 nitrogen and oxygen atoms in total. The molecule has 1 aromatic carbocycles. The molecule has 3 heterocycles. The minimum Gasteiger partial charge on any atom is -0.545 e. The maximum absolute atomic E-state index is 13.2. The van der Waals surface area contributed by atoms with E-state index in [4.69, 9.17) is 17.3 Å². The fourth-order valence-corrected chi connectivity index (χ4v) is 4.57. The Morgan fingerprint density at radius 2 is 1.88 bits per heavy atom. The Kier molecular flexibility index (Phi) is 7.26. The number of hydrogen-bond acceptors (Lipinski definition) is 6. The second-order valence-corrected chi connectivity index (χ2v) is 8.32. The minimum absolute atomic E-state index is 0. The van der Waals surface area contributed by atoms with Crippen molar-refractivity contribution in [3.05, 3.63) is 61.3 Å². The van der Waals surface area contributed by atoms with Crippen LogP contribution in [0.25, 0.3) is 11.0 Å². The monoisotopic (exact) mass is 467 g/mol. The van der Waals surface area contributed by atoms with Crippen LogP contribution in [0.5, 0.6) is 0 Å².